The molecule has 0 aliphatic carbocycles. The van der Waals surface area contributed by atoms with Gasteiger partial charge in [0.05, 0.1) is 19.9 Å². The van der Waals surface area contributed by atoms with Gasteiger partial charge in [-0.1, -0.05) is 16.9 Å². The van der Waals surface area contributed by atoms with Gasteiger partial charge in [-0.3, -0.25) is 4.52 Å². The third kappa shape index (κ3) is 5.86. The van der Waals surface area contributed by atoms with Crippen LogP contribution in [-0.4, -0.2) is 23.1 Å². The van der Waals surface area contributed by atoms with Crippen LogP contribution < -0.4 is 9.05 Å². The van der Waals surface area contributed by atoms with Crippen LogP contribution in [0.5, 0.6) is 11.5 Å². The Kier molecular flexibility index (Phi) is 7.63. The van der Waals surface area contributed by atoms with Gasteiger partial charge in [-0.15, -0.1) is 5.10 Å². The Hall–Kier alpha value is -1.49. The maximum Gasteiger partial charge on any atom is 0.540 e. The summed E-state index contributed by atoms with van der Waals surface area (Å²) in [5.41, 5.74) is 1.74. The maximum absolute atomic E-state index is 9.03. The number of nitrogens with zero attached hydrogens (tertiary/aromatic N) is 2. The Balaban J connectivity index is 1.93. The minimum Gasteiger partial charge on any atom is -0.429 e. The summed E-state index contributed by atoms with van der Waals surface area (Å²) in [5.74, 6) is 1.37. The molecule has 0 saturated carbocycles. The first-order valence-electron chi connectivity index (χ1n) is 6.85. The molecule has 1 N–H and O–H groups in total. The van der Waals surface area contributed by atoms with Crippen LogP contribution in [0.3, 0.4) is 0 Å². The Labute approximate surface area is 153 Å². The van der Waals surface area contributed by atoms with E-state index in [0.717, 1.165) is 16.9 Å². The van der Waals surface area contributed by atoms with Gasteiger partial charge < -0.3 is 9.63 Å². The summed E-state index contributed by atoms with van der Waals surface area (Å²) in [4.78, 5) is 0. The molecule has 0 saturated heterocycles. The summed E-state index contributed by atoms with van der Waals surface area (Å²) >= 11 is 10.1. The van der Waals surface area contributed by atoms with E-state index >= 15 is 0 Å². The van der Waals surface area contributed by atoms with Gasteiger partial charge in [-0.2, -0.15) is 0 Å². The predicted molar refractivity (Wildman–Crippen MR) is 104 cm³/mol. The van der Waals surface area contributed by atoms with E-state index in [-0.39, 0.29) is 6.61 Å². The van der Waals surface area contributed by atoms with Gasteiger partial charge in [0, 0.05) is 0 Å². The predicted octanol–water partition coefficient (Wildman–Crippen LogP) is 4.00. The minimum atomic E-state index is -1.32. The first kappa shape index (κ1) is 18.8. The quantitative estimate of drug-likeness (QED) is 0.413. The fourth-order valence-electron chi connectivity index (χ4n) is 1.66. The van der Waals surface area contributed by atoms with Crippen LogP contribution in [0.2, 0.25) is 0 Å². The molecule has 0 radical (unpaired) electrons. The highest BCUT2D eigenvalue weighted by molar-refractivity contribution is 8.02. The molecule has 0 heterocycles. The second kappa shape index (κ2) is 9.72. The number of aliphatic hydroxyl groups excluding tert-OH is 1. The van der Waals surface area contributed by atoms with Gasteiger partial charge in [0.2, 0.25) is 19.4 Å². The third-order valence-corrected chi connectivity index (χ3v) is 5.31. The van der Waals surface area contributed by atoms with Crippen molar-refractivity contribution in [1.29, 1.82) is 0 Å². The van der Waals surface area contributed by atoms with Crippen LogP contribution in [0.4, 0.5) is 0 Å². The zero-order valence-electron chi connectivity index (χ0n) is 12.8. The van der Waals surface area contributed by atoms with E-state index < -0.39 is 7.07 Å². The number of aliphatic hydroxyl groups is 1. The normalized spacial score (nSPS) is 11.5. The minimum absolute atomic E-state index is 0.00292. The topological polar surface area (TPSA) is 54.3 Å². The molecule has 2 rings (SSSR count). The Morgan fingerprint density at radius 3 is 2.38 bits per heavy atom. The van der Waals surface area contributed by atoms with Crippen molar-refractivity contribution in [2.24, 2.45) is 5.10 Å². The molecule has 0 aromatic heterocycles. The zero-order chi connectivity index (χ0) is 17.4. The lowest BCUT2D eigenvalue weighted by molar-refractivity contribution is 0.282. The number of hydrazone groups is 1. The van der Waals surface area contributed by atoms with Gasteiger partial charge in [-0.25, -0.2) is 0 Å². The van der Waals surface area contributed by atoms with Crippen LogP contribution in [0.15, 0.2) is 53.6 Å². The lowest BCUT2D eigenvalue weighted by Crippen LogP contribution is -2.03. The summed E-state index contributed by atoms with van der Waals surface area (Å²) in [7, 11) is 0.893. The zero-order valence-corrected chi connectivity index (χ0v) is 16.2. The number of hydrogen-bond donors (Lipinski definition) is 1. The van der Waals surface area contributed by atoms with E-state index in [9.17, 15) is 0 Å². The van der Waals surface area contributed by atoms with E-state index in [2.05, 4.69) is 5.10 Å². The summed E-state index contributed by atoms with van der Waals surface area (Å²) in [6.07, 6.45) is 1.70. The van der Waals surface area contributed by atoms with Crippen molar-refractivity contribution in [2.45, 2.75) is 6.61 Å². The summed E-state index contributed by atoms with van der Waals surface area (Å²) in [5, 5.41) is 13.3. The number of rotatable bonds is 8. The summed E-state index contributed by atoms with van der Waals surface area (Å²) in [6, 6.07) is 14.6. The number of hydrogen-bond acceptors (Lipinski definition) is 6. The lowest BCUT2D eigenvalue weighted by Gasteiger charge is -2.03. The summed E-state index contributed by atoms with van der Waals surface area (Å²) in [6.45, 7) is 0.00292. The van der Waals surface area contributed by atoms with E-state index in [4.69, 9.17) is 37.8 Å². The molecule has 1 atom stereocenters. The molecule has 1 unspecified atom stereocenters. The molecular formula is C15H15N2O3P2S2+. The maximum atomic E-state index is 9.03. The second-order valence-electron chi connectivity index (χ2n) is 4.60. The molecule has 124 valence electrons. The molecule has 2 aromatic carbocycles. The van der Waals surface area contributed by atoms with Crippen molar-refractivity contribution in [3.8, 4) is 11.5 Å². The molecule has 9 heteroatoms. The summed E-state index contributed by atoms with van der Waals surface area (Å²) < 4.78 is 12.5. The molecule has 0 amide bonds. The van der Waals surface area contributed by atoms with Crippen molar-refractivity contribution >= 4 is 44.5 Å². The highest BCUT2D eigenvalue weighted by Gasteiger charge is 2.20. The van der Waals surface area contributed by atoms with E-state index in [1.165, 1.54) is 0 Å². The van der Waals surface area contributed by atoms with Crippen molar-refractivity contribution in [3.63, 3.8) is 0 Å². The van der Waals surface area contributed by atoms with Gasteiger partial charge >= 0.3 is 7.07 Å². The molecule has 0 spiro atoms. The van der Waals surface area contributed by atoms with Crippen LogP contribution in [-0.2, 0) is 30.2 Å². The first-order valence-corrected chi connectivity index (χ1v) is 10.9. The standard InChI is InChI=1S/C15H15N2O3P2S2/c1-17(16-10-12-2-6-14(7-3-12)19-21-23)22(24)20-15-8-4-13(11-18)5-9-15/h2-10,18H,11H2,1H3/q+1/b16-10+. The van der Waals surface area contributed by atoms with Crippen molar-refractivity contribution in [2.75, 3.05) is 7.05 Å². The lowest BCUT2D eigenvalue weighted by atomic mass is 10.2. The molecule has 2 aromatic rings. The molecule has 0 bridgehead atoms. The third-order valence-electron chi connectivity index (χ3n) is 2.92. The fourth-order valence-corrected chi connectivity index (χ4v) is 3.06. The Morgan fingerprint density at radius 2 is 1.79 bits per heavy atom. The molecule has 5 nitrogen and oxygen atoms in total. The molecule has 0 aliphatic rings. The molecule has 0 fully saturated rings. The molecule has 0 aliphatic heterocycles. The number of benzene rings is 2. The average Bonchev–Trinajstić information content (AvgIpc) is 2.61. The largest absolute Gasteiger partial charge is 0.540 e. The Bertz CT molecular complexity index is 725. The van der Waals surface area contributed by atoms with E-state index in [0.29, 0.717) is 13.3 Å². The van der Waals surface area contributed by atoms with Crippen molar-refractivity contribution < 1.29 is 14.2 Å². The first-order chi connectivity index (χ1) is 11.6. The molecular weight excluding hydrogens is 382 g/mol. The smallest absolute Gasteiger partial charge is 0.429 e. The van der Waals surface area contributed by atoms with Crippen LogP contribution in [0.25, 0.3) is 0 Å². The second-order valence-corrected chi connectivity index (χ2v) is 7.55. The van der Waals surface area contributed by atoms with Gasteiger partial charge in [0.1, 0.15) is 5.75 Å². The van der Waals surface area contributed by atoms with Crippen LogP contribution in [0, 0.1) is 0 Å². The Morgan fingerprint density at radius 1 is 1.17 bits per heavy atom. The highest BCUT2D eigenvalue weighted by Crippen LogP contribution is 2.30. The van der Waals surface area contributed by atoms with Crippen molar-refractivity contribution in [1.82, 2.24) is 4.78 Å². The fraction of sp³-hybridized carbons (Fsp3) is 0.133. The average molecular weight is 397 g/mol. The van der Waals surface area contributed by atoms with Crippen LogP contribution in [0.1, 0.15) is 11.1 Å². The van der Waals surface area contributed by atoms with Crippen molar-refractivity contribution in [3.05, 3.63) is 59.7 Å². The monoisotopic (exact) mass is 397 g/mol. The molecule has 24 heavy (non-hydrogen) atoms. The van der Waals surface area contributed by atoms with E-state index in [1.54, 1.807) is 42.3 Å². The van der Waals surface area contributed by atoms with Gasteiger partial charge in [0.15, 0.2) is 5.75 Å². The van der Waals surface area contributed by atoms with Gasteiger partial charge in [-0.05, 0) is 59.3 Å². The van der Waals surface area contributed by atoms with Crippen LogP contribution >= 0.6 is 14.7 Å². The highest BCUT2D eigenvalue weighted by atomic mass is 32.4. The van der Waals surface area contributed by atoms with Gasteiger partial charge in [0.25, 0.3) is 0 Å². The SMILES string of the molecule is CN(/N=C/c1ccc(OP=S)cc1)[P+](=S)Oc1ccc(CO)cc1. The van der Waals surface area contributed by atoms with E-state index in [1.807, 2.05) is 24.3 Å².